The van der Waals surface area contributed by atoms with Gasteiger partial charge in [-0.2, -0.15) is 5.26 Å². The maximum atomic E-state index is 14.1. The van der Waals surface area contributed by atoms with E-state index in [1.807, 2.05) is 6.19 Å². The topological polar surface area (TPSA) is 85.7 Å². The van der Waals surface area contributed by atoms with E-state index < -0.39 is 30.1 Å². The van der Waals surface area contributed by atoms with Gasteiger partial charge >= 0.3 is 0 Å². The van der Waals surface area contributed by atoms with Gasteiger partial charge in [-0.05, 0) is 37.0 Å². The Labute approximate surface area is 204 Å². The molecule has 1 aliphatic heterocycles. The first-order valence-corrected chi connectivity index (χ1v) is 11.8. The minimum Gasteiger partial charge on any atom is -0.488 e. The molecule has 1 unspecified atom stereocenters. The van der Waals surface area contributed by atoms with Crippen LogP contribution in [0, 0.1) is 11.5 Å². The predicted octanol–water partition coefficient (Wildman–Crippen LogP) is 3.39. The SMILES string of the molecule is C=CCCN1C[C@@H](F)CC1C(=O)N[C@@H](Cc1ccc(OCC=C)c(Cl)c1)C(=O)N(C#N)C1CC1. The summed E-state index contributed by atoms with van der Waals surface area (Å²) in [4.78, 5) is 29.3. The summed E-state index contributed by atoms with van der Waals surface area (Å²) >= 11 is 6.32. The lowest BCUT2D eigenvalue weighted by Gasteiger charge is -2.27. The molecular weight excluding hydrogens is 459 g/mol. The van der Waals surface area contributed by atoms with E-state index in [1.54, 1.807) is 35.3 Å². The number of hydrogen-bond donors (Lipinski definition) is 1. The number of carbonyl (C=O) groups is 2. The van der Waals surface area contributed by atoms with Gasteiger partial charge in [-0.15, -0.1) is 6.58 Å². The molecule has 2 fully saturated rings. The summed E-state index contributed by atoms with van der Waals surface area (Å²) in [5.74, 6) is -0.422. The van der Waals surface area contributed by atoms with Gasteiger partial charge in [-0.3, -0.25) is 14.5 Å². The third-order valence-corrected chi connectivity index (χ3v) is 6.24. The first-order chi connectivity index (χ1) is 16.4. The van der Waals surface area contributed by atoms with Crippen LogP contribution < -0.4 is 10.1 Å². The van der Waals surface area contributed by atoms with Crippen molar-refractivity contribution in [1.82, 2.24) is 15.1 Å². The minimum absolute atomic E-state index is 0.0651. The van der Waals surface area contributed by atoms with Crippen molar-refractivity contribution in [2.24, 2.45) is 0 Å². The van der Waals surface area contributed by atoms with E-state index in [0.29, 0.717) is 35.9 Å². The molecule has 0 aromatic heterocycles. The first kappa shape index (κ1) is 25.7. The van der Waals surface area contributed by atoms with Crippen LogP contribution in [0.1, 0.15) is 31.2 Å². The minimum atomic E-state index is -1.11. The number of amides is 2. The molecule has 182 valence electrons. The lowest BCUT2D eigenvalue weighted by atomic mass is 10.0. The highest BCUT2D eigenvalue weighted by atomic mass is 35.5. The number of carbonyl (C=O) groups excluding carboxylic acids is 2. The summed E-state index contributed by atoms with van der Waals surface area (Å²) in [7, 11) is 0. The van der Waals surface area contributed by atoms with Crippen LogP contribution in [0.3, 0.4) is 0 Å². The van der Waals surface area contributed by atoms with Crippen LogP contribution >= 0.6 is 11.6 Å². The molecule has 2 amide bonds. The van der Waals surface area contributed by atoms with E-state index in [4.69, 9.17) is 16.3 Å². The maximum absolute atomic E-state index is 14.1. The number of hydrogen-bond acceptors (Lipinski definition) is 5. The number of nitrogens with zero attached hydrogens (tertiary/aromatic N) is 3. The molecule has 1 saturated carbocycles. The number of ether oxygens (including phenoxy) is 1. The summed E-state index contributed by atoms with van der Waals surface area (Å²) in [6.45, 7) is 8.26. The van der Waals surface area contributed by atoms with Gasteiger partial charge in [0.1, 0.15) is 24.6 Å². The fraction of sp³-hybridized carbons (Fsp3) is 0.480. The van der Waals surface area contributed by atoms with Crippen LogP contribution in [0.5, 0.6) is 5.75 Å². The van der Waals surface area contributed by atoms with Crippen molar-refractivity contribution in [2.75, 3.05) is 19.7 Å². The highest BCUT2D eigenvalue weighted by Crippen LogP contribution is 2.29. The largest absolute Gasteiger partial charge is 0.488 e. The van der Waals surface area contributed by atoms with E-state index >= 15 is 0 Å². The Morgan fingerprint density at radius 1 is 1.38 bits per heavy atom. The van der Waals surface area contributed by atoms with Gasteiger partial charge in [0.2, 0.25) is 5.91 Å². The van der Waals surface area contributed by atoms with Gasteiger partial charge in [0, 0.05) is 32.0 Å². The monoisotopic (exact) mass is 488 g/mol. The van der Waals surface area contributed by atoms with Crippen LogP contribution in [0.4, 0.5) is 4.39 Å². The average Bonchev–Trinajstić information content (AvgIpc) is 3.58. The second kappa shape index (κ2) is 12.0. The Kier molecular flexibility index (Phi) is 9.08. The van der Waals surface area contributed by atoms with Crippen LogP contribution in [0.15, 0.2) is 43.5 Å². The molecule has 2 aliphatic rings. The van der Waals surface area contributed by atoms with E-state index in [1.165, 1.54) is 0 Å². The van der Waals surface area contributed by atoms with Crippen molar-refractivity contribution < 1.29 is 18.7 Å². The third kappa shape index (κ3) is 6.58. The first-order valence-electron chi connectivity index (χ1n) is 11.4. The highest BCUT2D eigenvalue weighted by molar-refractivity contribution is 6.32. The summed E-state index contributed by atoms with van der Waals surface area (Å²) < 4.78 is 19.6. The number of halogens is 2. The molecule has 7 nitrogen and oxygen atoms in total. The standard InChI is InChI=1S/C25H30ClFN4O3/c1-3-5-10-30-15-18(27)14-22(30)24(32)29-21(25(33)31(16-28)19-7-8-19)13-17-6-9-23(20(26)12-17)34-11-4-2/h3-4,6,9,12,18-19,21-22H,1-2,5,7-8,10-11,13-15H2,(H,29,32)/t18-,21-,22?/m0/s1. The molecule has 1 N–H and O–H groups in total. The quantitative estimate of drug-likeness (QED) is 0.277. The molecule has 3 atom stereocenters. The van der Waals surface area contributed by atoms with E-state index in [0.717, 1.165) is 17.7 Å². The van der Waals surface area contributed by atoms with Gasteiger partial charge in [0.05, 0.1) is 11.1 Å². The molecule has 1 saturated heterocycles. The number of benzene rings is 1. The Hall–Kier alpha value is -2.89. The zero-order valence-corrected chi connectivity index (χ0v) is 19.8. The highest BCUT2D eigenvalue weighted by Gasteiger charge is 2.40. The summed E-state index contributed by atoms with van der Waals surface area (Å²) in [6, 6.07) is 3.32. The normalized spacial score (nSPS) is 20.7. The second-order valence-corrected chi connectivity index (χ2v) is 9.00. The lowest BCUT2D eigenvalue weighted by Crippen LogP contribution is -2.53. The van der Waals surface area contributed by atoms with Crippen molar-refractivity contribution in [3.05, 3.63) is 54.1 Å². The fourth-order valence-corrected chi connectivity index (χ4v) is 4.33. The zero-order valence-electron chi connectivity index (χ0n) is 19.1. The molecule has 0 bridgehead atoms. The van der Waals surface area contributed by atoms with Crippen molar-refractivity contribution in [3.8, 4) is 11.9 Å². The van der Waals surface area contributed by atoms with Crippen molar-refractivity contribution in [3.63, 3.8) is 0 Å². The van der Waals surface area contributed by atoms with Crippen LogP contribution in [-0.4, -0.2) is 65.6 Å². The molecule has 1 aliphatic carbocycles. The summed E-state index contributed by atoms with van der Waals surface area (Å²) in [6.07, 6.45) is 6.50. The third-order valence-electron chi connectivity index (χ3n) is 5.94. The lowest BCUT2D eigenvalue weighted by molar-refractivity contribution is -0.135. The van der Waals surface area contributed by atoms with Crippen molar-refractivity contribution in [2.45, 2.75) is 56.4 Å². The molecule has 0 radical (unpaired) electrons. The van der Waals surface area contributed by atoms with E-state index in [-0.39, 0.29) is 25.4 Å². The Morgan fingerprint density at radius 3 is 2.76 bits per heavy atom. The van der Waals surface area contributed by atoms with Crippen LogP contribution in [0.25, 0.3) is 0 Å². The van der Waals surface area contributed by atoms with Gasteiger partial charge in [-0.1, -0.05) is 36.4 Å². The number of rotatable bonds is 12. The average molecular weight is 489 g/mol. The maximum Gasteiger partial charge on any atom is 0.258 e. The molecule has 34 heavy (non-hydrogen) atoms. The van der Waals surface area contributed by atoms with Crippen molar-refractivity contribution >= 4 is 23.4 Å². The number of likely N-dealkylation sites (tertiary alicyclic amines) is 1. The van der Waals surface area contributed by atoms with Gasteiger partial charge < -0.3 is 10.1 Å². The number of nitriles is 1. The smallest absolute Gasteiger partial charge is 0.258 e. The van der Waals surface area contributed by atoms with Crippen LogP contribution in [0.2, 0.25) is 5.02 Å². The Bertz CT molecular complexity index is 962. The Morgan fingerprint density at radius 2 is 2.15 bits per heavy atom. The van der Waals surface area contributed by atoms with Crippen molar-refractivity contribution in [1.29, 1.82) is 5.26 Å². The summed E-state index contributed by atoms with van der Waals surface area (Å²) in [5.41, 5.74) is 0.696. The van der Waals surface area contributed by atoms with E-state index in [2.05, 4.69) is 18.5 Å². The van der Waals surface area contributed by atoms with E-state index in [9.17, 15) is 19.2 Å². The number of nitrogens with one attached hydrogen (secondary N) is 1. The molecule has 9 heteroatoms. The molecule has 0 spiro atoms. The fourth-order valence-electron chi connectivity index (χ4n) is 4.08. The molecular formula is C25H30ClFN4O3. The molecule has 1 heterocycles. The Balaban J connectivity index is 1.78. The molecule has 3 rings (SSSR count). The molecule has 1 aromatic carbocycles. The van der Waals surface area contributed by atoms with Gasteiger partial charge in [0.25, 0.3) is 5.91 Å². The summed E-state index contributed by atoms with van der Waals surface area (Å²) in [5, 5.41) is 12.7. The van der Waals surface area contributed by atoms with Gasteiger partial charge in [0.15, 0.2) is 6.19 Å². The van der Waals surface area contributed by atoms with Crippen LogP contribution in [-0.2, 0) is 16.0 Å². The zero-order chi connectivity index (χ0) is 24.7. The number of alkyl halides is 1. The second-order valence-electron chi connectivity index (χ2n) is 8.59. The molecule has 1 aromatic rings. The van der Waals surface area contributed by atoms with Gasteiger partial charge in [-0.25, -0.2) is 9.29 Å². The predicted molar refractivity (Wildman–Crippen MR) is 128 cm³/mol.